The van der Waals surface area contributed by atoms with Crippen molar-refractivity contribution in [3.8, 4) is 11.6 Å². The number of nitro groups is 1. The summed E-state index contributed by atoms with van der Waals surface area (Å²) in [5.74, 6) is -0.351. The molecule has 162 valence electrons. The van der Waals surface area contributed by atoms with Gasteiger partial charge >= 0.3 is 0 Å². The van der Waals surface area contributed by atoms with E-state index in [4.69, 9.17) is 4.74 Å². The van der Waals surface area contributed by atoms with E-state index in [9.17, 15) is 23.3 Å². The molecule has 11 nitrogen and oxygen atoms in total. The summed E-state index contributed by atoms with van der Waals surface area (Å²) in [6.07, 6.45) is 2.38. The minimum Gasteiger partial charge on any atom is -0.438 e. The van der Waals surface area contributed by atoms with Crippen LogP contribution in [-0.4, -0.2) is 41.1 Å². The second-order valence-electron chi connectivity index (χ2n) is 7.16. The monoisotopic (exact) mass is 437 g/mol. The number of hydrogen-bond acceptors (Lipinski definition) is 7. The molecular weight excluding hydrogens is 414 g/mol. The van der Waals surface area contributed by atoms with Crippen LogP contribution in [0.25, 0.3) is 0 Å². The summed E-state index contributed by atoms with van der Waals surface area (Å²) in [7, 11) is -2.55. The van der Waals surface area contributed by atoms with Gasteiger partial charge in [-0.1, -0.05) is 6.92 Å². The fraction of sp³-hybridized carbons (Fsp3) is 0.444. The molecule has 1 unspecified atom stereocenters. The maximum absolute atomic E-state index is 12.8. The van der Waals surface area contributed by atoms with Gasteiger partial charge in [0.2, 0.25) is 15.9 Å². The normalized spacial score (nSPS) is 14.9. The molecule has 1 fully saturated rings. The van der Waals surface area contributed by atoms with Gasteiger partial charge in [0, 0.05) is 37.3 Å². The third-order valence-corrected chi connectivity index (χ3v) is 6.20. The molecule has 0 aliphatic heterocycles. The molecule has 30 heavy (non-hydrogen) atoms. The van der Waals surface area contributed by atoms with E-state index < -0.39 is 14.9 Å². The molecule has 1 aromatic heterocycles. The Morgan fingerprint density at radius 2 is 2.10 bits per heavy atom. The molecule has 2 aromatic rings. The van der Waals surface area contributed by atoms with E-state index in [1.54, 1.807) is 14.0 Å². The smallest absolute Gasteiger partial charge is 0.272 e. The largest absolute Gasteiger partial charge is 0.438 e. The number of nitrogens with one attached hydrogen (secondary N) is 2. The Hall–Kier alpha value is -2.99. The van der Waals surface area contributed by atoms with Crippen LogP contribution in [0.2, 0.25) is 0 Å². The first-order chi connectivity index (χ1) is 14.1. The first-order valence-corrected chi connectivity index (χ1v) is 10.9. The maximum atomic E-state index is 12.8. The number of non-ortho nitro benzene ring substituents is 1. The van der Waals surface area contributed by atoms with E-state index in [1.807, 2.05) is 6.92 Å². The van der Waals surface area contributed by atoms with Gasteiger partial charge in [0.15, 0.2) is 5.69 Å². The predicted molar refractivity (Wildman–Crippen MR) is 107 cm³/mol. The van der Waals surface area contributed by atoms with Crippen LogP contribution < -0.4 is 14.8 Å². The second-order valence-corrected chi connectivity index (χ2v) is 8.84. The molecule has 1 aliphatic rings. The van der Waals surface area contributed by atoms with Gasteiger partial charge in [-0.3, -0.25) is 14.9 Å². The number of nitro benzene ring substituents is 1. The molecule has 12 heteroatoms. The van der Waals surface area contributed by atoms with Crippen LogP contribution in [0.5, 0.6) is 11.6 Å². The molecule has 0 spiro atoms. The number of rotatable bonds is 9. The summed E-state index contributed by atoms with van der Waals surface area (Å²) >= 11 is 0. The van der Waals surface area contributed by atoms with E-state index in [2.05, 4.69) is 15.1 Å². The Morgan fingerprint density at radius 3 is 2.70 bits per heavy atom. The molecular formula is C18H23N5O6S. The highest BCUT2D eigenvalue weighted by molar-refractivity contribution is 7.89. The molecule has 0 radical (unpaired) electrons. The third-order valence-electron chi connectivity index (χ3n) is 4.59. The number of aromatic nitrogens is 2. The number of carbonyl (C=O) groups excluding carboxylic acids is 1. The molecule has 1 amide bonds. The number of hydrogen-bond donors (Lipinski definition) is 2. The fourth-order valence-corrected chi connectivity index (χ4v) is 4.05. The van der Waals surface area contributed by atoms with Crippen LogP contribution in [0.4, 0.5) is 5.69 Å². The number of carbonyl (C=O) groups is 1. The molecule has 0 saturated heterocycles. The Labute approximate surface area is 173 Å². The molecule has 1 aromatic carbocycles. The SMILES string of the molecule is CCC(C)NS(=O)(=O)c1cc([N+](=O)[O-])ccc1Oc1cc(C(=O)NC2CC2)nn1C. The van der Waals surface area contributed by atoms with Crippen LogP contribution >= 0.6 is 0 Å². The molecule has 0 bridgehead atoms. The molecule has 1 atom stereocenters. The van der Waals surface area contributed by atoms with Gasteiger partial charge in [0.1, 0.15) is 10.6 Å². The van der Waals surface area contributed by atoms with Crippen LogP contribution in [-0.2, 0) is 17.1 Å². The second kappa shape index (κ2) is 8.40. The van der Waals surface area contributed by atoms with Gasteiger partial charge in [-0.15, -0.1) is 0 Å². The number of ether oxygens (including phenoxy) is 1. The van der Waals surface area contributed by atoms with Crippen LogP contribution in [0.3, 0.4) is 0 Å². The summed E-state index contributed by atoms with van der Waals surface area (Å²) in [5, 5.41) is 18.0. The zero-order valence-electron chi connectivity index (χ0n) is 16.8. The highest BCUT2D eigenvalue weighted by atomic mass is 32.2. The fourth-order valence-electron chi connectivity index (χ4n) is 2.57. The molecule has 1 aliphatic carbocycles. The van der Waals surface area contributed by atoms with Crippen molar-refractivity contribution in [3.05, 3.63) is 40.1 Å². The minimum atomic E-state index is -4.10. The Bertz CT molecular complexity index is 1080. The summed E-state index contributed by atoms with van der Waals surface area (Å²) in [4.78, 5) is 22.3. The van der Waals surface area contributed by atoms with Crippen molar-refractivity contribution in [2.45, 2.75) is 50.1 Å². The predicted octanol–water partition coefficient (Wildman–Crippen LogP) is 2.09. The molecule has 3 rings (SSSR count). The van der Waals surface area contributed by atoms with Gasteiger partial charge in [0.25, 0.3) is 11.6 Å². The maximum Gasteiger partial charge on any atom is 0.272 e. The average Bonchev–Trinajstić information content (AvgIpc) is 3.42. The van der Waals surface area contributed by atoms with E-state index in [0.29, 0.717) is 6.42 Å². The average molecular weight is 437 g/mol. The zero-order valence-corrected chi connectivity index (χ0v) is 17.6. The zero-order chi connectivity index (χ0) is 22.1. The lowest BCUT2D eigenvalue weighted by molar-refractivity contribution is -0.385. The molecule has 2 N–H and O–H groups in total. The highest BCUT2D eigenvalue weighted by Gasteiger charge is 2.27. The standard InChI is InChI=1S/C18H23N5O6S/c1-4-11(2)21-30(27,28)16-9-13(23(25)26)7-8-15(16)29-17-10-14(20-22(17)3)18(24)19-12-5-6-12/h7-12,21H,4-6H2,1-3H3,(H,19,24). The van der Waals surface area contributed by atoms with Crippen molar-refractivity contribution >= 4 is 21.6 Å². The summed E-state index contributed by atoms with van der Waals surface area (Å²) in [5.41, 5.74) is -0.259. The first-order valence-electron chi connectivity index (χ1n) is 9.44. The van der Waals surface area contributed by atoms with Crippen LogP contribution in [0.1, 0.15) is 43.6 Å². The Kier molecular flexibility index (Phi) is 6.08. The quantitative estimate of drug-likeness (QED) is 0.451. The lowest BCUT2D eigenvalue weighted by Crippen LogP contribution is -2.32. The van der Waals surface area contributed by atoms with Gasteiger partial charge < -0.3 is 10.1 Å². The third kappa shape index (κ3) is 4.94. The van der Waals surface area contributed by atoms with Crippen molar-refractivity contribution in [3.63, 3.8) is 0 Å². The van der Waals surface area contributed by atoms with Crippen molar-refractivity contribution in [2.75, 3.05) is 0 Å². The minimum absolute atomic E-state index is 0.116. The van der Waals surface area contributed by atoms with Gasteiger partial charge in [-0.05, 0) is 32.3 Å². The summed E-state index contributed by atoms with van der Waals surface area (Å²) < 4.78 is 35.1. The van der Waals surface area contributed by atoms with E-state index in [0.717, 1.165) is 25.0 Å². The Balaban J connectivity index is 1.94. The first kappa shape index (κ1) is 21.7. The summed E-state index contributed by atoms with van der Waals surface area (Å²) in [6, 6.07) is 4.46. The van der Waals surface area contributed by atoms with Crippen LogP contribution in [0, 0.1) is 10.1 Å². The van der Waals surface area contributed by atoms with Gasteiger partial charge in [-0.2, -0.15) is 5.10 Å². The summed E-state index contributed by atoms with van der Waals surface area (Å²) in [6.45, 7) is 3.49. The lowest BCUT2D eigenvalue weighted by atomic mass is 10.3. The van der Waals surface area contributed by atoms with Gasteiger partial charge in [0.05, 0.1) is 4.92 Å². The number of aryl methyl sites for hydroxylation is 1. The highest BCUT2D eigenvalue weighted by Crippen LogP contribution is 2.32. The lowest BCUT2D eigenvalue weighted by Gasteiger charge is -2.15. The Morgan fingerprint density at radius 1 is 1.40 bits per heavy atom. The van der Waals surface area contributed by atoms with Gasteiger partial charge in [-0.25, -0.2) is 17.8 Å². The number of nitrogens with zero attached hydrogens (tertiary/aromatic N) is 3. The van der Waals surface area contributed by atoms with Crippen LogP contribution in [0.15, 0.2) is 29.2 Å². The van der Waals surface area contributed by atoms with E-state index in [1.165, 1.54) is 16.8 Å². The number of amides is 1. The van der Waals surface area contributed by atoms with Crippen molar-refractivity contribution in [1.29, 1.82) is 0 Å². The van der Waals surface area contributed by atoms with Crippen molar-refractivity contribution in [2.24, 2.45) is 7.05 Å². The van der Waals surface area contributed by atoms with Crippen molar-refractivity contribution in [1.82, 2.24) is 19.8 Å². The van der Waals surface area contributed by atoms with E-state index >= 15 is 0 Å². The molecule has 1 saturated carbocycles. The topological polar surface area (TPSA) is 145 Å². The van der Waals surface area contributed by atoms with Crippen molar-refractivity contribution < 1.29 is 22.9 Å². The van der Waals surface area contributed by atoms with E-state index in [-0.39, 0.29) is 45.9 Å². The molecule has 1 heterocycles. The number of benzene rings is 1. The number of sulfonamides is 1.